The van der Waals surface area contributed by atoms with Crippen molar-refractivity contribution in [1.29, 1.82) is 0 Å². The van der Waals surface area contributed by atoms with E-state index >= 15 is 0 Å². The van der Waals surface area contributed by atoms with E-state index in [1.165, 1.54) is 38.8 Å². The number of hydroxylamine groups is 2. The topological polar surface area (TPSA) is 30.7 Å². The van der Waals surface area contributed by atoms with Gasteiger partial charge in [-0.1, -0.05) is 0 Å². The lowest BCUT2D eigenvalue weighted by Gasteiger charge is -2.38. The summed E-state index contributed by atoms with van der Waals surface area (Å²) in [6.45, 7) is 4.23. The van der Waals surface area contributed by atoms with Gasteiger partial charge in [0.25, 0.3) is 0 Å². The molecule has 2 heterocycles. The summed E-state index contributed by atoms with van der Waals surface area (Å²) in [6, 6.07) is 0. The summed E-state index contributed by atoms with van der Waals surface area (Å²) in [5, 5.41) is 11.6. The molecule has 0 radical (unpaired) electrons. The van der Waals surface area contributed by atoms with E-state index in [-0.39, 0.29) is 0 Å². The van der Waals surface area contributed by atoms with Crippen LogP contribution in [0, 0.1) is 17.0 Å². The van der Waals surface area contributed by atoms with Gasteiger partial charge in [0.2, 0.25) is 0 Å². The van der Waals surface area contributed by atoms with Crippen LogP contribution in [0.15, 0.2) is 0 Å². The number of nitrogens with one attached hydrogen (secondary N) is 1. The van der Waals surface area contributed by atoms with Crippen molar-refractivity contribution < 1.29 is 5.06 Å². The summed E-state index contributed by atoms with van der Waals surface area (Å²) in [7, 11) is 2.21. The molecule has 2 fully saturated rings. The van der Waals surface area contributed by atoms with E-state index in [4.69, 9.17) is 0 Å². The number of quaternary nitrogens is 1. The lowest BCUT2D eigenvalue weighted by atomic mass is 9.79. The molecule has 0 unspecified atom stereocenters. The van der Waals surface area contributed by atoms with Crippen LogP contribution in [0.3, 0.4) is 0 Å². The molecule has 2 aliphatic rings. The largest absolute Gasteiger partial charge is 0.634 e. The summed E-state index contributed by atoms with van der Waals surface area (Å²) >= 11 is 0. The summed E-state index contributed by atoms with van der Waals surface area (Å²) < 4.78 is 0. The second kappa shape index (κ2) is 4.60. The molecule has 0 atom stereocenters. The number of hydrogen-bond acceptors (Lipinski definition) is 2. The molecule has 0 amide bonds. The predicted octanol–water partition coefficient (Wildman–Crippen LogP) is 0.121. The van der Waals surface area contributed by atoms with Gasteiger partial charge in [0.15, 0.2) is 0 Å². The quantitative estimate of drug-likeness (QED) is 0.607. The van der Waals surface area contributed by atoms with Crippen molar-refractivity contribution in [3.8, 4) is 0 Å². The maximum Gasteiger partial charge on any atom is 0.0771 e. The van der Waals surface area contributed by atoms with Gasteiger partial charge < -0.3 is 15.2 Å². The fourth-order valence-electron chi connectivity index (χ4n) is 2.93. The molecule has 0 aromatic heterocycles. The summed E-state index contributed by atoms with van der Waals surface area (Å²) in [4.78, 5) is 2.42. The minimum absolute atomic E-state index is 0.495. The van der Waals surface area contributed by atoms with Gasteiger partial charge in [-0.15, -0.1) is 0 Å². The van der Waals surface area contributed by atoms with Crippen molar-refractivity contribution in [2.45, 2.75) is 25.7 Å². The normalized spacial score (nSPS) is 37.3. The highest BCUT2D eigenvalue weighted by molar-refractivity contribution is 4.77. The van der Waals surface area contributed by atoms with Crippen LogP contribution in [0.4, 0.5) is 0 Å². The molecule has 14 heavy (non-hydrogen) atoms. The minimum atomic E-state index is 0.495. The van der Waals surface area contributed by atoms with Gasteiger partial charge in [0, 0.05) is 12.8 Å². The Bertz CT molecular complexity index is 150. The van der Waals surface area contributed by atoms with Crippen molar-refractivity contribution in [2.24, 2.45) is 11.8 Å². The van der Waals surface area contributed by atoms with E-state index in [1.54, 1.807) is 0 Å². The van der Waals surface area contributed by atoms with Gasteiger partial charge >= 0.3 is 0 Å². The zero-order valence-electron chi connectivity index (χ0n) is 9.17. The second-order valence-electron chi connectivity index (χ2n) is 5.02. The summed E-state index contributed by atoms with van der Waals surface area (Å²) in [5.74, 6) is 1.78. The van der Waals surface area contributed by atoms with E-state index in [2.05, 4.69) is 11.9 Å². The van der Waals surface area contributed by atoms with Crippen LogP contribution in [-0.4, -0.2) is 38.1 Å². The summed E-state index contributed by atoms with van der Waals surface area (Å²) in [5.41, 5.74) is 0. The molecule has 0 aromatic carbocycles. The third kappa shape index (κ3) is 2.47. The fourth-order valence-corrected chi connectivity index (χ4v) is 2.93. The van der Waals surface area contributed by atoms with Gasteiger partial charge in [-0.3, -0.25) is 0 Å². The molecule has 3 heteroatoms. The van der Waals surface area contributed by atoms with Crippen LogP contribution < -0.4 is 5.06 Å². The molecule has 3 nitrogen and oxygen atoms in total. The van der Waals surface area contributed by atoms with Crippen LogP contribution in [-0.2, 0) is 0 Å². The van der Waals surface area contributed by atoms with Crippen LogP contribution >= 0.6 is 0 Å². The van der Waals surface area contributed by atoms with E-state index in [0.717, 1.165) is 24.9 Å². The first kappa shape index (κ1) is 10.4. The Morgan fingerprint density at radius 1 is 1.00 bits per heavy atom. The molecule has 82 valence electrons. The summed E-state index contributed by atoms with van der Waals surface area (Å²) in [6.07, 6.45) is 5.06. The Hall–Kier alpha value is -0.120. The number of likely N-dealkylation sites (tertiary alicyclic amines) is 1. The highest BCUT2D eigenvalue weighted by atomic mass is 16.5. The maximum atomic E-state index is 11.1. The highest BCUT2D eigenvalue weighted by Gasteiger charge is 2.28. The molecule has 1 N–H and O–H groups in total. The second-order valence-corrected chi connectivity index (χ2v) is 5.02. The zero-order valence-corrected chi connectivity index (χ0v) is 9.17. The molecule has 2 saturated heterocycles. The van der Waals surface area contributed by atoms with Gasteiger partial charge in [-0.2, -0.15) is 0 Å². The first-order chi connectivity index (χ1) is 6.75. The Morgan fingerprint density at radius 2 is 1.50 bits per heavy atom. The fraction of sp³-hybridized carbons (Fsp3) is 1.00. The maximum absolute atomic E-state index is 11.1. The molecule has 0 aromatic rings. The minimum Gasteiger partial charge on any atom is -0.634 e. The zero-order chi connectivity index (χ0) is 9.97. The van der Waals surface area contributed by atoms with E-state index in [9.17, 15) is 5.21 Å². The van der Waals surface area contributed by atoms with Crippen molar-refractivity contribution in [2.75, 3.05) is 33.2 Å². The molecular weight excluding hydrogens is 176 g/mol. The first-order valence-corrected chi connectivity index (χ1v) is 5.96. The van der Waals surface area contributed by atoms with E-state index in [1.807, 2.05) is 0 Å². The Morgan fingerprint density at radius 3 is 2.07 bits per heavy atom. The van der Waals surface area contributed by atoms with E-state index < -0.39 is 0 Å². The SMILES string of the molecule is CN1CCC(C2CC[NH+]([O-])CC2)CC1. The van der Waals surface area contributed by atoms with Crippen molar-refractivity contribution in [3.63, 3.8) is 0 Å². The average Bonchev–Trinajstić information content (AvgIpc) is 2.21. The Labute approximate surface area is 86.6 Å². The van der Waals surface area contributed by atoms with Gasteiger partial charge in [0.1, 0.15) is 0 Å². The molecule has 0 bridgehead atoms. The molecule has 0 aliphatic carbocycles. The highest BCUT2D eigenvalue weighted by Crippen LogP contribution is 2.29. The van der Waals surface area contributed by atoms with E-state index in [0.29, 0.717) is 5.06 Å². The lowest BCUT2D eigenvalue weighted by Crippen LogP contribution is -3.08. The van der Waals surface area contributed by atoms with Crippen LogP contribution in [0.5, 0.6) is 0 Å². The van der Waals surface area contributed by atoms with Gasteiger partial charge in [-0.05, 0) is 44.8 Å². The average molecular weight is 198 g/mol. The number of rotatable bonds is 1. The van der Waals surface area contributed by atoms with Crippen LogP contribution in [0.1, 0.15) is 25.7 Å². The third-order valence-electron chi connectivity index (χ3n) is 4.02. The number of piperidine rings is 2. The smallest absolute Gasteiger partial charge is 0.0771 e. The van der Waals surface area contributed by atoms with Gasteiger partial charge in [0.05, 0.1) is 13.1 Å². The number of hydrogen-bond donors (Lipinski definition) is 1. The Balaban J connectivity index is 1.78. The molecular formula is C11H22N2O. The predicted molar refractivity (Wildman–Crippen MR) is 57.0 cm³/mol. The van der Waals surface area contributed by atoms with Gasteiger partial charge in [-0.25, -0.2) is 0 Å². The lowest BCUT2D eigenvalue weighted by molar-refractivity contribution is -0.855. The van der Waals surface area contributed by atoms with Crippen molar-refractivity contribution >= 4 is 0 Å². The third-order valence-corrected chi connectivity index (χ3v) is 4.02. The standard InChI is InChI=1S/C11H22N2O/c1-12-6-2-10(3-7-12)11-4-8-13(14)9-5-11/h10-11,13H,2-9H2,1H3. The molecule has 2 aliphatic heterocycles. The molecule has 2 rings (SSSR count). The first-order valence-electron chi connectivity index (χ1n) is 5.96. The van der Waals surface area contributed by atoms with Crippen molar-refractivity contribution in [3.05, 3.63) is 5.21 Å². The molecule has 0 spiro atoms. The Kier molecular flexibility index (Phi) is 3.42. The monoisotopic (exact) mass is 198 g/mol. The molecule has 0 saturated carbocycles. The van der Waals surface area contributed by atoms with Crippen LogP contribution in [0.25, 0.3) is 0 Å². The van der Waals surface area contributed by atoms with Crippen LogP contribution in [0.2, 0.25) is 0 Å². The number of nitrogens with zero attached hydrogens (tertiary/aromatic N) is 1. The van der Waals surface area contributed by atoms with Crippen molar-refractivity contribution in [1.82, 2.24) is 4.90 Å².